The predicted octanol–water partition coefficient (Wildman–Crippen LogP) is 4.00. The number of carbonyl (C=O) groups excluding carboxylic acids is 1. The van der Waals surface area contributed by atoms with E-state index in [1.165, 1.54) is 0 Å². The summed E-state index contributed by atoms with van der Waals surface area (Å²) in [5, 5.41) is 0. The summed E-state index contributed by atoms with van der Waals surface area (Å²) in [5.41, 5.74) is 2.88. The first-order chi connectivity index (χ1) is 14.2. The summed E-state index contributed by atoms with van der Waals surface area (Å²) in [6.07, 6.45) is 5.21. The quantitative estimate of drug-likeness (QED) is 0.668. The third kappa shape index (κ3) is 3.97. The van der Waals surface area contributed by atoms with Gasteiger partial charge in [-0.25, -0.2) is 4.98 Å². The predicted molar refractivity (Wildman–Crippen MR) is 113 cm³/mol. The molecule has 0 spiro atoms. The standard InChI is InChI=1S/C23H25N3O3/c1-28-20-9-5-6-16(22(20)29-2)10-11-21(27)26-14-12-17(13-15-26)23-24-18-7-3-4-8-19(18)25-23/h3-11,17H,12-15H2,1-2H3,(H,24,25)/b11-10+. The Balaban J connectivity index is 1.40. The highest BCUT2D eigenvalue weighted by molar-refractivity contribution is 5.92. The molecule has 0 aliphatic carbocycles. The smallest absolute Gasteiger partial charge is 0.246 e. The summed E-state index contributed by atoms with van der Waals surface area (Å²) >= 11 is 0. The summed E-state index contributed by atoms with van der Waals surface area (Å²) in [5.74, 6) is 2.66. The van der Waals surface area contributed by atoms with Crippen molar-refractivity contribution in [1.82, 2.24) is 14.9 Å². The lowest BCUT2D eigenvalue weighted by Crippen LogP contribution is -2.37. The number of aromatic nitrogens is 2. The Labute approximate surface area is 170 Å². The van der Waals surface area contributed by atoms with Crippen molar-refractivity contribution in [1.29, 1.82) is 0 Å². The minimum atomic E-state index is 0.0120. The van der Waals surface area contributed by atoms with Crippen LogP contribution in [0.4, 0.5) is 0 Å². The summed E-state index contributed by atoms with van der Waals surface area (Å²) in [6.45, 7) is 1.44. The van der Waals surface area contributed by atoms with E-state index in [2.05, 4.69) is 4.98 Å². The summed E-state index contributed by atoms with van der Waals surface area (Å²) in [6, 6.07) is 13.7. The maximum Gasteiger partial charge on any atom is 0.246 e. The molecule has 1 aromatic heterocycles. The van der Waals surface area contributed by atoms with Gasteiger partial charge in [0.1, 0.15) is 5.82 Å². The number of likely N-dealkylation sites (tertiary alicyclic amines) is 1. The number of methoxy groups -OCH3 is 2. The van der Waals surface area contributed by atoms with Crippen molar-refractivity contribution in [3.63, 3.8) is 0 Å². The number of nitrogens with zero attached hydrogens (tertiary/aromatic N) is 2. The second-order valence-electron chi connectivity index (χ2n) is 7.15. The van der Waals surface area contributed by atoms with Crippen molar-refractivity contribution in [3.8, 4) is 11.5 Å². The van der Waals surface area contributed by atoms with Crippen molar-refractivity contribution in [2.45, 2.75) is 18.8 Å². The normalized spacial score (nSPS) is 15.2. The van der Waals surface area contributed by atoms with Crippen LogP contribution in [0.2, 0.25) is 0 Å². The maximum atomic E-state index is 12.7. The number of para-hydroxylation sites is 3. The monoisotopic (exact) mass is 391 g/mol. The molecule has 0 bridgehead atoms. The Hall–Kier alpha value is -3.28. The molecule has 1 aliphatic heterocycles. The number of rotatable bonds is 5. The fourth-order valence-corrected chi connectivity index (χ4v) is 3.85. The average molecular weight is 391 g/mol. The Bertz CT molecular complexity index is 1000. The van der Waals surface area contributed by atoms with Crippen molar-refractivity contribution >= 4 is 23.0 Å². The lowest BCUT2D eigenvalue weighted by molar-refractivity contribution is -0.127. The lowest BCUT2D eigenvalue weighted by atomic mass is 9.96. The van der Waals surface area contributed by atoms with Gasteiger partial charge in [0.15, 0.2) is 11.5 Å². The molecule has 1 aliphatic rings. The van der Waals surface area contributed by atoms with Crippen LogP contribution in [0.25, 0.3) is 17.1 Å². The van der Waals surface area contributed by atoms with Gasteiger partial charge in [-0.3, -0.25) is 4.79 Å². The third-order valence-corrected chi connectivity index (χ3v) is 5.44. The minimum Gasteiger partial charge on any atom is -0.493 e. The largest absolute Gasteiger partial charge is 0.493 e. The van der Waals surface area contributed by atoms with E-state index in [1.807, 2.05) is 47.4 Å². The van der Waals surface area contributed by atoms with E-state index in [0.717, 1.165) is 48.4 Å². The molecule has 2 heterocycles. The van der Waals surface area contributed by atoms with E-state index in [9.17, 15) is 4.79 Å². The van der Waals surface area contributed by atoms with Crippen LogP contribution in [0.1, 0.15) is 30.1 Å². The molecule has 3 aromatic rings. The van der Waals surface area contributed by atoms with Crippen LogP contribution in [0, 0.1) is 0 Å². The molecule has 1 amide bonds. The van der Waals surface area contributed by atoms with Gasteiger partial charge in [-0.15, -0.1) is 0 Å². The minimum absolute atomic E-state index is 0.0120. The molecule has 4 rings (SSSR count). The van der Waals surface area contributed by atoms with Gasteiger partial charge in [0.25, 0.3) is 0 Å². The van der Waals surface area contributed by atoms with E-state index in [0.29, 0.717) is 17.4 Å². The molecule has 0 saturated carbocycles. The maximum absolute atomic E-state index is 12.7. The first-order valence-electron chi connectivity index (χ1n) is 9.82. The number of H-pyrrole nitrogens is 1. The zero-order valence-corrected chi connectivity index (χ0v) is 16.7. The number of nitrogens with one attached hydrogen (secondary N) is 1. The molecule has 1 N–H and O–H groups in total. The highest BCUT2D eigenvalue weighted by Crippen LogP contribution is 2.32. The molecule has 6 nitrogen and oxygen atoms in total. The SMILES string of the molecule is COc1cccc(/C=C/C(=O)N2CCC(c3nc4ccccc4[nH]3)CC2)c1OC. The first-order valence-corrected chi connectivity index (χ1v) is 9.82. The van der Waals surface area contributed by atoms with Crippen LogP contribution in [-0.2, 0) is 4.79 Å². The van der Waals surface area contributed by atoms with Crippen LogP contribution in [0.15, 0.2) is 48.5 Å². The van der Waals surface area contributed by atoms with Crippen LogP contribution in [0.5, 0.6) is 11.5 Å². The Morgan fingerprint density at radius 1 is 1.10 bits per heavy atom. The Morgan fingerprint density at radius 2 is 1.90 bits per heavy atom. The van der Waals surface area contributed by atoms with Crippen LogP contribution >= 0.6 is 0 Å². The summed E-state index contributed by atoms with van der Waals surface area (Å²) in [7, 11) is 3.20. The summed E-state index contributed by atoms with van der Waals surface area (Å²) in [4.78, 5) is 22.7. The number of ether oxygens (including phenoxy) is 2. The first kappa shape index (κ1) is 19.1. The highest BCUT2D eigenvalue weighted by atomic mass is 16.5. The number of amides is 1. The van der Waals surface area contributed by atoms with E-state index < -0.39 is 0 Å². The summed E-state index contributed by atoms with van der Waals surface area (Å²) < 4.78 is 10.7. The number of piperidine rings is 1. The molecule has 2 aromatic carbocycles. The Kier molecular flexibility index (Phi) is 5.51. The number of hydrogen-bond donors (Lipinski definition) is 1. The zero-order chi connectivity index (χ0) is 20.2. The van der Waals surface area contributed by atoms with Crippen LogP contribution < -0.4 is 9.47 Å². The van der Waals surface area contributed by atoms with Gasteiger partial charge < -0.3 is 19.4 Å². The molecule has 29 heavy (non-hydrogen) atoms. The van der Waals surface area contributed by atoms with Gasteiger partial charge in [0, 0.05) is 30.6 Å². The molecule has 1 fully saturated rings. The molecular weight excluding hydrogens is 366 g/mol. The topological polar surface area (TPSA) is 67.5 Å². The highest BCUT2D eigenvalue weighted by Gasteiger charge is 2.25. The zero-order valence-electron chi connectivity index (χ0n) is 16.7. The number of aromatic amines is 1. The molecule has 0 atom stereocenters. The fourth-order valence-electron chi connectivity index (χ4n) is 3.85. The third-order valence-electron chi connectivity index (χ3n) is 5.44. The van der Waals surface area contributed by atoms with Crippen LogP contribution in [-0.4, -0.2) is 48.1 Å². The van der Waals surface area contributed by atoms with Crippen LogP contribution in [0.3, 0.4) is 0 Å². The number of carbonyl (C=O) groups is 1. The van der Waals surface area contributed by atoms with E-state index in [-0.39, 0.29) is 5.91 Å². The lowest BCUT2D eigenvalue weighted by Gasteiger charge is -2.30. The van der Waals surface area contributed by atoms with Gasteiger partial charge in [-0.1, -0.05) is 24.3 Å². The number of imidazole rings is 1. The number of fused-ring (bicyclic) bond motifs is 1. The second kappa shape index (κ2) is 8.39. The molecule has 0 unspecified atom stereocenters. The molecule has 6 heteroatoms. The Morgan fingerprint density at radius 3 is 2.62 bits per heavy atom. The fraction of sp³-hybridized carbons (Fsp3) is 0.304. The molecule has 0 radical (unpaired) electrons. The van der Waals surface area contributed by atoms with E-state index in [4.69, 9.17) is 14.5 Å². The van der Waals surface area contributed by atoms with Gasteiger partial charge in [0.2, 0.25) is 5.91 Å². The van der Waals surface area contributed by atoms with Crippen molar-refractivity contribution in [2.75, 3.05) is 27.3 Å². The van der Waals surface area contributed by atoms with E-state index >= 15 is 0 Å². The van der Waals surface area contributed by atoms with E-state index in [1.54, 1.807) is 26.4 Å². The van der Waals surface area contributed by atoms with Crippen molar-refractivity contribution in [3.05, 3.63) is 59.9 Å². The van der Waals surface area contributed by atoms with Gasteiger partial charge in [-0.05, 0) is 37.1 Å². The molecule has 150 valence electrons. The van der Waals surface area contributed by atoms with Gasteiger partial charge >= 0.3 is 0 Å². The number of hydrogen-bond acceptors (Lipinski definition) is 4. The van der Waals surface area contributed by atoms with Gasteiger partial charge in [-0.2, -0.15) is 0 Å². The average Bonchev–Trinajstić information content (AvgIpc) is 3.21. The van der Waals surface area contributed by atoms with Crippen molar-refractivity contribution in [2.24, 2.45) is 0 Å². The second-order valence-corrected chi connectivity index (χ2v) is 7.15. The van der Waals surface area contributed by atoms with Gasteiger partial charge in [0.05, 0.1) is 25.3 Å². The number of benzene rings is 2. The molecule has 1 saturated heterocycles. The van der Waals surface area contributed by atoms with Crippen molar-refractivity contribution < 1.29 is 14.3 Å². The molecular formula is C23H25N3O3.